The first kappa shape index (κ1) is 25.2. The Labute approximate surface area is 209 Å². The van der Waals surface area contributed by atoms with Gasteiger partial charge in [-0.25, -0.2) is 4.39 Å². The molecule has 188 valence electrons. The number of benzene rings is 2. The standard InChI is InChI=1S/C28H30FN3O4/c1-19-10-5-8-15-23(19)32(25(33)18-30-27(34)24-16-9-17-36-24)26(21-13-6-7-14-22(21)29)28(35)31-20-11-3-2-4-12-20/h5-10,13-17,20,26H,2-4,11-12,18H2,1H3,(H,30,34)(H,31,35)/t26-/m1/s1. The summed E-state index contributed by atoms with van der Waals surface area (Å²) < 4.78 is 20.2. The molecular formula is C28H30FN3O4. The van der Waals surface area contributed by atoms with Crippen molar-refractivity contribution in [2.24, 2.45) is 0 Å². The minimum Gasteiger partial charge on any atom is -0.459 e. The first-order valence-corrected chi connectivity index (χ1v) is 12.2. The third kappa shape index (κ3) is 5.82. The summed E-state index contributed by atoms with van der Waals surface area (Å²) >= 11 is 0. The van der Waals surface area contributed by atoms with Crippen LogP contribution in [0.25, 0.3) is 0 Å². The molecular weight excluding hydrogens is 461 g/mol. The van der Waals surface area contributed by atoms with E-state index in [1.165, 1.54) is 29.4 Å². The van der Waals surface area contributed by atoms with Crippen molar-refractivity contribution < 1.29 is 23.2 Å². The van der Waals surface area contributed by atoms with Crippen molar-refractivity contribution >= 4 is 23.4 Å². The predicted octanol–water partition coefficient (Wildman–Crippen LogP) is 4.68. The molecule has 7 nitrogen and oxygen atoms in total. The fourth-order valence-corrected chi connectivity index (χ4v) is 4.61. The summed E-state index contributed by atoms with van der Waals surface area (Å²) in [5.74, 6) is -2.11. The normalized spacial score (nSPS) is 14.6. The summed E-state index contributed by atoms with van der Waals surface area (Å²) in [5.41, 5.74) is 1.27. The molecule has 3 aromatic rings. The van der Waals surface area contributed by atoms with Crippen LogP contribution in [0.15, 0.2) is 71.3 Å². The van der Waals surface area contributed by atoms with Gasteiger partial charge in [-0.1, -0.05) is 55.7 Å². The smallest absolute Gasteiger partial charge is 0.287 e. The average molecular weight is 492 g/mol. The zero-order valence-electron chi connectivity index (χ0n) is 20.2. The molecule has 3 amide bonds. The van der Waals surface area contributed by atoms with E-state index in [1.54, 1.807) is 30.3 Å². The maximum Gasteiger partial charge on any atom is 0.287 e. The van der Waals surface area contributed by atoms with Crippen LogP contribution in [0.1, 0.15) is 59.8 Å². The van der Waals surface area contributed by atoms with Gasteiger partial charge >= 0.3 is 0 Å². The molecule has 0 unspecified atom stereocenters. The number of anilines is 1. The molecule has 1 aliphatic rings. The van der Waals surface area contributed by atoms with Crippen LogP contribution in [0, 0.1) is 12.7 Å². The van der Waals surface area contributed by atoms with E-state index in [9.17, 15) is 14.4 Å². The van der Waals surface area contributed by atoms with Gasteiger partial charge in [0.25, 0.3) is 5.91 Å². The van der Waals surface area contributed by atoms with Crippen LogP contribution in [0.3, 0.4) is 0 Å². The quantitative estimate of drug-likeness (QED) is 0.479. The lowest BCUT2D eigenvalue weighted by molar-refractivity contribution is -0.127. The molecule has 0 radical (unpaired) electrons. The monoisotopic (exact) mass is 491 g/mol. The van der Waals surface area contributed by atoms with Gasteiger partial charge < -0.3 is 15.1 Å². The number of hydrogen-bond acceptors (Lipinski definition) is 4. The second-order valence-corrected chi connectivity index (χ2v) is 8.98. The van der Waals surface area contributed by atoms with E-state index in [4.69, 9.17) is 4.42 Å². The van der Waals surface area contributed by atoms with Crippen molar-refractivity contribution in [3.8, 4) is 0 Å². The molecule has 36 heavy (non-hydrogen) atoms. The third-order valence-electron chi connectivity index (χ3n) is 6.45. The minimum atomic E-state index is -1.26. The maximum atomic E-state index is 15.1. The van der Waals surface area contributed by atoms with Crippen LogP contribution in [-0.2, 0) is 9.59 Å². The van der Waals surface area contributed by atoms with Gasteiger partial charge in [-0.2, -0.15) is 0 Å². The average Bonchev–Trinajstić information content (AvgIpc) is 3.43. The molecule has 0 spiro atoms. The number of halogens is 1. The second kappa shape index (κ2) is 11.7. The van der Waals surface area contributed by atoms with Gasteiger partial charge in [-0.05, 0) is 49.6 Å². The zero-order chi connectivity index (χ0) is 25.5. The van der Waals surface area contributed by atoms with Gasteiger partial charge in [-0.3, -0.25) is 19.3 Å². The molecule has 1 heterocycles. The highest BCUT2D eigenvalue weighted by molar-refractivity contribution is 6.04. The van der Waals surface area contributed by atoms with Crippen LogP contribution >= 0.6 is 0 Å². The van der Waals surface area contributed by atoms with Gasteiger partial charge in [0.1, 0.15) is 11.9 Å². The van der Waals surface area contributed by atoms with Crippen LogP contribution in [0.5, 0.6) is 0 Å². The predicted molar refractivity (Wildman–Crippen MR) is 134 cm³/mol. The van der Waals surface area contributed by atoms with E-state index in [-0.39, 0.29) is 17.4 Å². The summed E-state index contributed by atoms with van der Waals surface area (Å²) in [6.07, 6.45) is 6.18. The van der Waals surface area contributed by atoms with E-state index in [1.807, 2.05) is 19.1 Å². The lowest BCUT2D eigenvalue weighted by atomic mass is 9.94. The molecule has 0 aliphatic heterocycles. The van der Waals surface area contributed by atoms with Crippen molar-refractivity contribution in [3.63, 3.8) is 0 Å². The summed E-state index contributed by atoms with van der Waals surface area (Å²) in [7, 11) is 0. The lowest BCUT2D eigenvalue weighted by Gasteiger charge is -2.34. The van der Waals surface area contributed by atoms with Gasteiger partial charge in [-0.15, -0.1) is 0 Å². The molecule has 0 bridgehead atoms. The summed E-state index contributed by atoms with van der Waals surface area (Å²) in [4.78, 5) is 41.1. The van der Waals surface area contributed by atoms with Crippen molar-refractivity contribution in [1.29, 1.82) is 0 Å². The molecule has 0 saturated heterocycles. The highest BCUT2D eigenvalue weighted by Gasteiger charge is 2.36. The Bertz CT molecular complexity index is 1210. The third-order valence-corrected chi connectivity index (χ3v) is 6.45. The Morgan fingerprint density at radius 3 is 2.42 bits per heavy atom. The van der Waals surface area contributed by atoms with Crippen molar-refractivity contribution in [3.05, 3.63) is 89.6 Å². The van der Waals surface area contributed by atoms with Gasteiger partial charge in [0, 0.05) is 17.3 Å². The highest BCUT2D eigenvalue weighted by Crippen LogP contribution is 2.32. The summed E-state index contributed by atoms with van der Waals surface area (Å²) in [6, 6.07) is 14.8. The molecule has 8 heteroatoms. The zero-order valence-corrected chi connectivity index (χ0v) is 20.2. The van der Waals surface area contributed by atoms with Crippen LogP contribution < -0.4 is 15.5 Å². The Hall–Kier alpha value is -3.94. The van der Waals surface area contributed by atoms with Gasteiger partial charge in [0.15, 0.2) is 5.76 Å². The number of aryl methyl sites for hydroxylation is 1. The van der Waals surface area contributed by atoms with Crippen molar-refractivity contribution in [1.82, 2.24) is 10.6 Å². The Morgan fingerprint density at radius 1 is 1.00 bits per heavy atom. The number of nitrogens with zero attached hydrogens (tertiary/aromatic N) is 1. The molecule has 2 aromatic carbocycles. The molecule has 4 rings (SSSR count). The minimum absolute atomic E-state index is 0.0343. The van der Waals surface area contributed by atoms with Gasteiger partial charge in [0.2, 0.25) is 11.8 Å². The molecule has 1 atom stereocenters. The van der Waals surface area contributed by atoms with Crippen molar-refractivity contribution in [2.45, 2.75) is 51.1 Å². The van der Waals surface area contributed by atoms with E-state index in [0.717, 1.165) is 37.7 Å². The van der Waals surface area contributed by atoms with Crippen LogP contribution in [0.4, 0.5) is 10.1 Å². The Kier molecular flexibility index (Phi) is 8.15. The Morgan fingerprint density at radius 2 is 1.72 bits per heavy atom. The fraction of sp³-hybridized carbons (Fsp3) is 0.321. The highest BCUT2D eigenvalue weighted by atomic mass is 19.1. The molecule has 1 saturated carbocycles. The number of rotatable bonds is 8. The molecule has 2 N–H and O–H groups in total. The van der Waals surface area contributed by atoms with E-state index >= 15 is 4.39 Å². The lowest BCUT2D eigenvalue weighted by Crippen LogP contribution is -2.50. The SMILES string of the molecule is Cc1ccccc1N(C(=O)CNC(=O)c1ccco1)[C@@H](C(=O)NC1CCCCC1)c1ccccc1F. The summed E-state index contributed by atoms with van der Waals surface area (Å²) in [5, 5.41) is 5.60. The molecule has 1 fully saturated rings. The number of nitrogens with one attached hydrogen (secondary N) is 2. The molecule has 1 aliphatic carbocycles. The Balaban J connectivity index is 1.70. The number of para-hydroxylation sites is 1. The first-order chi connectivity index (χ1) is 17.5. The maximum absolute atomic E-state index is 15.1. The number of hydrogen-bond donors (Lipinski definition) is 2. The fourth-order valence-electron chi connectivity index (χ4n) is 4.61. The van der Waals surface area contributed by atoms with E-state index in [2.05, 4.69) is 10.6 Å². The first-order valence-electron chi connectivity index (χ1n) is 12.2. The number of carbonyl (C=O) groups is 3. The topological polar surface area (TPSA) is 91.7 Å². The number of amides is 3. The van der Waals surface area contributed by atoms with E-state index < -0.39 is 36.1 Å². The van der Waals surface area contributed by atoms with Crippen LogP contribution in [-0.4, -0.2) is 30.3 Å². The summed E-state index contributed by atoms with van der Waals surface area (Å²) in [6.45, 7) is 1.41. The number of carbonyl (C=O) groups excluding carboxylic acids is 3. The molecule has 1 aromatic heterocycles. The second-order valence-electron chi connectivity index (χ2n) is 8.98. The largest absolute Gasteiger partial charge is 0.459 e. The van der Waals surface area contributed by atoms with Crippen LogP contribution in [0.2, 0.25) is 0 Å². The number of furan rings is 1. The van der Waals surface area contributed by atoms with Crippen molar-refractivity contribution in [2.75, 3.05) is 11.4 Å². The van der Waals surface area contributed by atoms with E-state index in [0.29, 0.717) is 5.69 Å². The van der Waals surface area contributed by atoms with Gasteiger partial charge in [0.05, 0.1) is 12.8 Å².